The van der Waals surface area contributed by atoms with Gasteiger partial charge < -0.3 is 9.67 Å². The van der Waals surface area contributed by atoms with Crippen molar-refractivity contribution in [1.29, 1.82) is 0 Å². The number of carbonyl (C=O) groups is 1. The van der Waals surface area contributed by atoms with Gasteiger partial charge in [0.2, 0.25) is 10.0 Å². The predicted octanol–water partition coefficient (Wildman–Crippen LogP) is 4.40. The number of sulfonamides is 1. The van der Waals surface area contributed by atoms with Crippen molar-refractivity contribution in [3.8, 4) is 0 Å². The molecule has 0 bridgehead atoms. The van der Waals surface area contributed by atoms with E-state index in [0.29, 0.717) is 41.9 Å². The second-order valence-corrected chi connectivity index (χ2v) is 10.1. The average molecular weight is 465 g/mol. The summed E-state index contributed by atoms with van der Waals surface area (Å²) in [7, 11) is -3.62. The lowest BCUT2D eigenvalue weighted by Crippen LogP contribution is -2.38. The summed E-state index contributed by atoms with van der Waals surface area (Å²) in [5.41, 5.74) is 2.36. The number of halogens is 2. The summed E-state index contributed by atoms with van der Waals surface area (Å²) < 4.78 is 43.1. The maximum absolute atomic E-state index is 14.0. The fourth-order valence-corrected chi connectivity index (χ4v) is 6.07. The predicted molar refractivity (Wildman–Crippen MR) is 116 cm³/mol. The highest BCUT2D eigenvalue weighted by Crippen LogP contribution is 2.38. The van der Waals surface area contributed by atoms with Crippen LogP contribution in [0.3, 0.4) is 0 Å². The fraction of sp³-hybridized carbons (Fsp3) is 0.318. The molecule has 1 aliphatic heterocycles. The van der Waals surface area contributed by atoms with Crippen molar-refractivity contribution < 1.29 is 22.7 Å². The molecule has 2 aromatic carbocycles. The van der Waals surface area contributed by atoms with Gasteiger partial charge in [-0.3, -0.25) is 4.79 Å². The first kappa shape index (κ1) is 21.8. The highest BCUT2D eigenvalue weighted by molar-refractivity contribution is 7.89. The average Bonchev–Trinajstić information content (AvgIpc) is 2.98. The zero-order valence-corrected chi connectivity index (χ0v) is 18.5. The second kappa shape index (κ2) is 8.26. The van der Waals surface area contributed by atoms with Gasteiger partial charge in [0.25, 0.3) is 0 Å². The number of fused-ring (bicyclic) bond motifs is 1. The Kier molecular flexibility index (Phi) is 5.81. The molecule has 0 radical (unpaired) electrons. The molecule has 31 heavy (non-hydrogen) atoms. The lowest BCUT2D eigenvalue weighted by atomic mass is 9.88. The molecule has 1 N–H and O–H groups in total. The highest BCUT2D eigenvalue weighted by atomic mass is 35.5. The van der Waals surface area contributed by atoms with Crippen LogP contribution in [-0.2, 0) is 21.4 Å². The van der Waals surface area contributed by atoms with Crippen molar-refractivity contribution in [3.05, 3.63) is 64.6 Å². The van der Waals surface area contributed by atoms with Crippen LogP contribution in [0.1, 0.15) is 30.0 Å². The molecule has 6 nitrogen and oxygen atoms in total. The van der Waals surface area contributed by atoms with Gasteiger partial charge in [0.15, 0.2) is 0 Å². The number of benzene rings is 2. The largest absolute Gasteiger partial charge is 0.480 e. The van der Waals surface area contributed by atoms with Gasteiger partial charge >= 0.3 is 5.97 Å². The highest BCUT2D eigenvalue weighted by Gasteiger charge is 2.32. The maximum Gasteiger partial charge on any atom is 0.323 e. The summed E-state index contributed by atoms with van der Waals surface area (Å²) in [4.78, 5) is 11.6. The lowest BCUT2D eigenvalue weighted by molar-refractivity contribution is -0.137. The van der Waals surface area contributed by atoms with Gasteiger partial charge in [0.05, 0.1) is 4.90 Å². The standard InChI is InChI=1S/C22H22ClFN2O4S/c1-14-22(19-12-17(24)4-7-20(19)26(14)13-21(27)28)15-8-10-25(11-9-15)31(29,30)18-5-2-16(23)3-6-18/h2-7,12,15H,8-11,13H2,1H3,(H,27,28). The Labute approximate surface area is 184 Å². The number of hydrogen-bond acceptors (Lipinski definition) is 3. The van der Waals surface area contributed by atoms with E-state index in [1.165, 1.54) is 28.6 Å². The number of aliphatic carboxylic acids is 1. The van der Waals surface area contributed by atoms with Gasteiger partial charge in [-0.25, -0.2) is 12.8 Å². The van der Waals surface area contributed by atoms with E-state index in [-0.39, 0.29) is 23.2 Å². The topological polar surface area (TPSA) is 79.6 Å². The van der Waals surface area contributed by atoms with Crippen molar-refractivity contribution in [2.45, 2.75) is 37.1 Å². The van der Waals surface area contributed by atoms with Gasteiger partial charge in [-0.15, -0.1) is 0 Å². The normalized spacial score (nSPS) is 16.1. The molecule has 4 rings (SSSR count). The second-order valence-electron chi connectivity index (χ2n) is 7.77. The van der Waals surface area contributed by atoms with Crippen molar-refractivity contribution >= 4 is 38.5 Å². The first-order valence-electron chi connectivity index (χ1n) is 9.94. The minimum absolute atomic E-state index is 0.0102. The first-order valence-corrected chi connectivity index (χ1v) is 11.8. The molecule has 1 saturated heterocycles. The maximum atomic E-state index is 14.0. The molecule has 2 heterocycles. The van der Waals surface area contributed by atoms with Gasteiger partial charge in [-0.1, -0.05) is 11.6 Å². The van der Waals surface area contributed by atoms with Gasteiger partial charge in [-0.2, -0.15) is 4.31 Å². The molecule has 0 saturated carbocycles. The van der Waals surface area contributed by atoms with Gasteiger partial charge in [0, 0.05) is 34.7 Å². The summed E-state index contributed by atoms with van der Waals surface area (Å²) in [6.45, 7) is 2.29. The van der Waals surface area contributed by atoms with E-state index < -0.39 is 16.0 Å². The van der Waals surface area contributed by atoms with Crippen LogP contribution < -0.4 is 0 Å². The van der Waals surface area contributed by atoms with Gasteiger partial charge in [-0.05, 0) is 73.7 Å². The van der Waals surface area contributed by atoms with Crippen molar-refractivity contribution in [1.82, 2.24) is 8.87 Å². The van der Waals surface area contributed by atoms with Crippen LogP contribution in [0, 0.1) is 12.7 Å². The van der Waals surface area contributed by atoms with Crippen LogP contribution in [0.15, 0.2) is 47.4 Å². The number of hydrogen-bond donors (Lipinski definition) is 1. The minimum atomic E-state index is -3.62. The monoisotopic (exact) mass is 464 g/mol. The van der Waals surface area contributed by atoms with Gasteiger partial charge in [0.1, 0.15) is 12.4 Å². The molecule has 0 aliphatic carbocycles. The van der Waals surface area contributed by atoms with Crippen LogP contribution in [-0.4, -0.2) is 41.5 Å². The number of rotatable bonds is 5. The Hall–Kier alpha value is -2.42. The summed E-state index contributed by atoms with van der Waals surface area (Å²) in [6, 6.07) is 10.5. The molecule has 9 heteroatoms. The molecule has 0 amide bonds. The number of piperidine rings is 1. The molecule has 0 unspecified atom stereocenters. The number of nitrogens with zero attached hydrogens (tertiary/aromatic N) is 2. The molecule has 0 spiro atoms. The summed E-state index contributed by atoms with van der Waals surface area (Å²) >= 11 is 5.87. The van der Waals surface area contributed by atoms with Crippen LogP contribution in [0.2, 0.25) is 5.02 Å². The summed E-state index contributed by atoms with van der Waals surface area (Å²) in [6.07, 6.45) is 1.13. The first-order chi connectivity index (χ1) is 14.7. The third-order valence-electron chi connectivity index (χ3n) is 5.94. The lowest BCUT2D eigenvalue weighted by Gasteiger charge is -2.31. The Morgan fingerprint density at radius 3 is 2.42 bits per heavy atom. The summed E-state index contributed by atoms with van der Waals surface area (Å²) in [5, 5.41) is 10.5. The third kappa shape index (κ3) is 4.07. The van der Waals surface area contributed by atoms with E-state index in [0.717, 1.165) is 11.3 Å². The SMILES string of the molecule is Cc1c(C2CCN(S(=O)(=O)c3ccc(Cl)cc3)CC2)c2cc(F)ccc2n1CC(=O)O. The van der Waals surface area contributed by atoms with E-state index in [2.05, 4.69) is 0 Å². The summed E-state index contributed by atoms with van der Waals surface area (Å²) in [5.74, 6) is -1.35. The van der Waals surface area contributed by atoms with Crippen molar-refractivity contribution in [2.75, 3.05) is 13.1 Å². The zero-order valence-electron chi connectivity index (χ0n) is 16.9. The minimum Gasteiger partial charge on any atom is -0.480 e. The number of carboxylic acid groups (broad SMARTS) is 1. The molecular weight excluding hydrogens is 443 g/mol. The van der Waals surface area contributed by atoms with Crippen molar-refractivity contribution in [2.24, 2.45) is 0 Å². The molecule has 1 aromatic heterocycles. The number of carboxylic acids is 1. The molecule has 3 aromatic rings. The quantitative estimate of drug-likeness (QED) is 0.607. The van der Waals surface area contributed by atoms with Crippen molar-refractivity contribution in [3.63, 3.8) is 0 Å². The van der Waals surface area contributed by atoms with E-state index in [4.69, 9.17) is 11.6 Å². The van der Waals surface area contributed by atoms with E-state index in [1.54, 1.807) is 22.8 Å². The van der Waals surface area contributed by atoms with E-state index >= 15 is 0 Å². The fourth-order valence-electron chi connectivity index (χ4n) is 4.48. The third-order valence-corrected chi connectivity index (χ3v) is 8.11. The van der Waals surface area contributed by atoms with Crippen LogP contribution in [0.5, 0.6) is 0 Å². The Morgan fingerprint density at radius 2 is 1.81 bits per heavy atom. The Balaban J connectivity index is 1.63. The smallest absolute Gasteiger partial charge is 0.323 e. The number of aromatic nitrogens is 1. The molecule has 164 valence electrons. The Morgan fingerprint density at radius 1 is 1.16 bits per heavy atom. The molecular formula is C22H22ClFN2O4S. The van der Waals surface area contributed by atoms with Crippen LogP contribution in [0.4, 0.5) is 4.39 Å². The molecule has 1 fully saturated rings. The zero-order chi connectivity index (χ0) is 22.3. The van der Waals surface area contributed by atoms with Crippen LogP contribution >= 0.6 is 11.6 Å². The molecule has 0 atom stereocenters. The molecule has 1 aliphatic rings. The van der Waals surface area contributed by atoms with Crippen LogP contribution in [0.25, 0.3) is 10.9 Å². The Bertz CT molecular complexity index is 1250. The van der Waals surface area contributed by atoms with E-state index in [9.17, 15) is 22.7 Å². The van der Waals surface area contributed by atoms with E-state index in [1.807, 2.05) is 6.92 Å².